The lowest BCUT2D eigenvalue weighted by Crippen LogP contribution is -2.17. The first-order valence-electron chi connectivity index (χ1n) is 13.3. The van der Waals surface area contributed by atoms with Crippen molar-refractivity contribution in [2.45, 2.75) is 20.0 Å². The van der Waals surface area contributed by atoms with Crippen molar-refractivity contribution >= 4 is 23.7 Å². The van der Waals surface area contributed by atoms with Crippen molar-refractivity contribution in [3.8, 4) is 22.7 Å². The number of carbonyl (C=O) groups excluding carboxylic acids is 1. The summed E-state index contributed by atoms with van der Waals surface area (Å²) >= 11 is 5.97. The molecule has 0 aliphatic rings. The number of ether oxygens (including phenoxy) is 1. The summed E-state index contributed by atoms with van der Waals surface area (Å²) in [5.41, 5.74) is 10.3. The van der Waals surface area contributed by atoms with Gasteiger partial charge in [0.15, 0.2) is 0 Å². The largest absolute Gasteiger partial charge is 0.489 e. The first kappa shape index (κ1) is 27.7. The maximum Gasteiger partial charge on any atom is 0.271 e. The number of rotatable bonds is 10. The molecular weight excluding hydrogens is 530 g/mol. The SMILES string of the molecule is C=CCc1cc(/C=N/NC(=O)c2ccc(-n3c(C)ccc3-c3ccccc3)cc2)ccc1OCc1ccc(Cl)cc1. The predicted octanol–water partition coefficient (Wildman–Crippen LogP) is 8.18. The summed E-state index contributed by atoms with van der Waals surface area (Å²) in [6.07, 6.45) is 4.09. The number of hydrazone groups is 1. The summed E-state index contributed by atoms with van der Waals surface area (Å²) in [4.78, 5) is 12.8. The summed E-state index contributed by atoms with van der Waals surface area (Å²) < 4.78 is 8.22. The highest BCUT2D eigenvalue weighted by Gasteiger charge is 2.11. The molecule has 0 radical (unpaired) electrons. The molecule has 0 unspecified atom stereocenters. The van der Waals surface area contributed by atoms with Crippen LogP contribution in [-0.2, 0) is 13.0 Å². The van der Waals surface area contributed by atoms with E-state index in [0.717, 1.165) is 45.1 Å². The van der Waals surface area contributed by atoms with Crippen molar-refractivity contribution in [3.05, 3.63) is 155 Å². The summed E-state index contributed by atoms with van der Waals surface area (Å²) in [5, 5.41) is 4.87. The van der Waals surface area contributed by atoms with E-state index in [1.165, 1.54) is 0 Å². The Bertz CT molecular complexity index is 1670. The highest BCUT2D eigenvalue weighted by molar-refractivity contribution is 6.30. The molecule has 1 heterocycles. The number of hydrogen-bond acceptors (Lipinski definition) is 3. The lowest BCUT2D eigenvalue weighted by atomic mass is 10.1. The summed E-state index contributed by atoms with van der Waals surface area (Å²) in [5.74, 6) is 0.490. The first-order chi connectivity index (χ1) is 20.0. The molecule has 1 N–H and O–H groups in total. The van der Waals surface area contributed by atoms with Crippen molar-refractivity contribution in [3.63, 3.8) is 0 Å². The number of hydrogen-bond donors (Lipinski definition) is 1. The highest BCUT2D eigenvalue weighted by Crippen LogP contribution is 2.27. The van der Waals surface area contributed by atoms with Crippen LogP contribution in [-0.4, -0.2) is 16.7 Å². The fourth-order valence-electron chi connectivity index (χ4n) is 4.58. The molecule has 1 aromatic heterocycles. The molecule has 4 aromatic carbocycles. The second kappa shape index (κ2) is 13.0. The van der Waals surface area contributed by atoms with Crippen molar-refractivity contribution < 1.29 is 9.53 Å². The number of aromatic nitrogens is 1. The molecule has 0 spiro atoms. The van der Waals surface area contributed by atoms with Crippen LogP contribution in [0.15, 0.2) is 127 Å². The van der Waals surface area contributed by atoms with Gasteiger partial charge < -0.3 is 9.30 Å². The quantitative estimate of drug-likeness (QED) is 0.107. The minimum Gasteiger partial charge on any atom is -0.489 e. The van der Waals surface area contributed by atoms with E-state index in [9.17, 15) is 4.79 Å². The molecule has 0 saturated carbocycles. The third-order valence-electron chi connectivity index (χ3n) is 6.67. The van der Waals surface area contributed by atoms with E-state index in [1.54, 1.807) is 6.21 Å². The number of nitrogens with one attached hydrogen (secondary N) is 1. The van der Waals surface area contributed by atoms with Gasteiger partial charge in [-0.15, -0.1) is 6.58 Å². The van der Waals surface area contributed by atoms with Gasteiger partial charge in [-0.3, -0.25) is 4.79 Å². The second-order valence-corrected chi connectivity index (χ2v) is 10.0. The van der Waals surface area contributed by atoms with Gasteiger partial charge in [0.05, 0.1) is 11.9 Å². The molecular formula is C35H30ClN3O2. The zero-order chi connectivity index (χ0) is 28.6. The Balaban J connectivity index is 1.23. The van der Waals surface area contributed by atoms with Crippen LogP contribution in [0.25, 0.3) is 16.9 Å². The molecule has 5 nitrogen and oxygen atoms in total. The molecule has 204 valence electrons. The monoisotopic (exact) mass is 559 g/mol. The average molecular weight is 560 g/mol. The van der Waals surface area contributed by atoms with Gasteiger partial charge in [-0.1, -0.05) is 60.1 Å². The van der Waals surface area contributed by atoms with Gasteiger partial charge in [-0.2, -0.15) is 5.10 Å². The Hall–Kier alpha value is -4.87. The number of nitrogens with zero attached hydrogens (tertiary/aromatic N) is 2. The Kier molecular flexibility index (Phi) is 8.77. The lowest BCUT2D eigenvalue weighted by Gasteiger charge is -2.13. The third kappa shape index (κ3) is 6.83. The Morgan fingerprint density at radius 3 is 2.44 bits per heavy atom. The van der Waals surface area contributed by atoms with Crippen LogP contribution in [0.3, 0.4) is 0 Å². The fraction of sp³-hybridized carbons (Fsp3) is 0.0857. The van der Waals surface area contributed by atoms with Gasteiger partial charge in [0.25, 0.3) is 5.91 Å². The average Bonchev–Trinajstić information content (AvgIpc) is 3.39. The van der Waals surface area contributed by atoms with Crippen LogP contribution in [0.2, 0.25) is 5.02 Å². The molecule has 0 aliphatic heterocycles. The Morgan fingerprint density at radius 2 is 1.71 bits per heavy atom. The summed E-state index contributed by atoms with van der Waals surface area (Å²) in [7, 11) is 0. The molecule has 5 aromatic rings. The Labute approximate surface area is 245 Å². The molecule has 0 fully saturated rings. The van der Waals surface area contributed by atoms with E-state index in [4.69, 9.17) is 16.3 Å². The van der Waals surface area contributed by atoms with Crippen molar-refractivity contribution in [2.24, 2.45) is 5.10 Å². The molecule has 0 aliphatic carbocycles. The zero-order valence-corrected chi connectivity index (χ0v) is 23.5. The molecule has 5 rings (SSSR count). The van der Waals surface area contributed by atoms with E-state index >= 15 is 0 Å². The van der Waals surface area contributed by atoms with Gasteiger partial charge in [0, 0.05) is 22.0 Å². The topological polar surface area (TPSA) is 55.6 Å². The van der Waals surface area contributed by atoms with Crippen molar-refractivity contribution in [1.82, 2.24) is 9.99 Å². The number of carbonyl (C=O) groups is 1. The van der Waals surface area contributed by atoms with Gasteiger partial charge in [0.1, 0.15) is 12.4 Å². The van der Waals surface area contributed by atoms with E-state index in [2.05, 4.69) is 52.9 Å². The third-order valence-corrected chi connectivity index (χ3v) is 6.92. The van der Waals surface area contributed by atoms with Crippen LogP contribution in [0, 0.1) is 6.92 Å². The number of allylic oxidation sites excluding steroid dienone is 1. The lowest BCUT2D eigenvalue weighted by molar-refractivity contribution is 0.0955. The second-order valence-electron chi connectivity index (χ2n) is 9.58. The van der Waals surface area contributed by atoms with Crippen LogP contribution in [0.1, 0.15) is 32.7 Å². The van der Waals surface area contributed by atoms with Crippen LogP contribution in [0.5, 0.6) is 5.75 Å². The van der Waals surface area contributed by atoms with Crippen molar-refractivity contribution in [2.75, 3.05) is 0 Å². The van der Waals surface area contributed by atoms with E-state index in [-0.39, 0.29) is 5.91 Å². The van der Waals surface area contributed by atoms with E-state index in [0.29, 0.717) is 23.6 Å². The minimum atomic E-state index is -0.283. The van der Waals surface area contributed by atoms with E-state index in [1.807, 2.05) is 91.0 Å². The molecule has 0 atom stereocenters. The maximum atomic E-state index is 12.8. The molecule has 6 heteroatoms. The van der Waals surface area contributed by atoms with Gasteiger partial charge in [0.2, 0.25) is 0 Å². The molecule has 1 amide bonds. The van der Waals surface area contributed by atoms with Gasteiger partial charge in [-0.05, 0) is 102 Å². The van der Waals surface area contributed by atoms with Crippen molar-refractivity contribution in [1.29, 1.82) is 0 Å². The Morgan fingerprint density at radius 1 is 0.951 bits per heavy atom. The van der Waals surface area contributed by atoms with Crippen LogP contribution >= 0.6 is 11.6 Å². The molecule has 41 heavy (non-hydrogen) atoms. The molecule has 0 saturated heterocycles. The zero-order valence-electron chi connectivity index (χ0n) is 22.8. The number of halogens is 1. The highest BCUT2D eigenvalue weighted by atomic mass is 35.5. The van der Waals surface area contributed by atoms with Gasteiger partial charge in [-0.25, -0.2) is 5.43 Å². The summed E-state index contributed by atoms with van der Waals surface area (Å²) in [6.45, 7) is 6.36. The van der Waals surface area contributed by atoms with Crippen LogP contribution < -0.4 is 10.2 Å². The van der Waals surface area contributed by atoms with E-state index < -0.39 is 0 Å². The smallest absolute Gasteiger partial charge is 0.271 e. The normalized spacial score (nSPS) is 11.0. The molecule has 0 bridgehead atoms. The fourth-order valence-corrected chi connectivity index (χ4v) is 4.71. The number of aryl methyl sites for hydroxylation is 1. The minimum absolute atomic E-state index is 0.283. The van der Waals surface area contributed by atoms with Gasteiger partial charge >= 0.3 is 0 Å². The first-order valence-corrected chi connectivity index (χ1v) is 13.7. The number of amides is 1. The van der Waals surface area contributed by atoms with Crippen LogP contribution in [0.4, 0.5) is 0 Å². The summed E-state index contributed by atoms with van der Waals surface area (Å²) in [6, 6.07) is 35.3. The maximum absolute atomic E-state index is 12.8. The number of benzene rings is 4. The predicted molar refractivity (Wildman–Crippen MR) is 167 cm³/mol. The standard InChI is InChI=1S/C35H30ClN3O2/c1-3-7-30-22-27(13-21-34(30)41-24-26-11-16-31(36)17-12-26)23-37-38-35(40)29-14-18-32(19-15-29)39-25(2)10-20-33(39)28-8-5-4-6-9-28/h3-6,8-23H,1,7,24H2,2H3,(H,38,40)/b37-23+.